The molecule has 1 heterocycles. The average Bonchev–Trinajstić information content (AvgIpc) is 2.77. The summed E-state index contributed by atoms with van der Waals surface area (Å²) < 4.78 is 0. The standard InChI is InChI=1S/C26H18N2O2/c29-21-15-7-13-19-23(21)24-20(14-8-16-22(24)30)28-26(18-11-5-2-6-12-18)25(27-19)17-9-3-1-4-10-17/h1-16,29-30H/b24-23-,26-25-,27-19-,27-25?,28-20-,28-26?. The molecule has 30 heavy (non-hydrogen) atoms. The van der Waals surface area contributed by atoms with Crippen molar-refractivity contribution in [2.75, 3.05) is 0 Å². The van der Waals surface area contributed by atoms with Gasteiger partial charge in [0.15, 0.2) is 0 Å². The Balaban J connectivity index is 2.06. The smallest absolute Gasteiger partial charge is 0.125 e. The molecule has 0 saturated carbocycles. The Morgan fingerprint density at radius 1 is 0.433 bits per heavy atom. The van der Waals surface area contributed by atoms with Crippen molar-refractivity contribution < 1.29 is 10.2 Å². The molecule has 0 aromatic heterocycles. The quantitative estimate of drug-likeness (QED) is 0.540. The third kappa shape index (κ3) is 3.05. The molecular weight excluding hydrogens is 372 g/mol. The number of fused-ring (bicyclic) bond motifs is 2. The van der Waals surface area contributed by atoms with Gasteiger partial charge in [-0.3, -0.25) is 0 Å². The van der Waals surface area contributed by atoms with E-state index in [4.69, 9.17) is 9.98 Å². The molecule has 4 nitrogen and oxygen atoms in total. The fourth-order valence-corrected chi connectivity index (χ4v) is 3.70. The van der Waals surface area contributed by atoms with Gasteiger partial charge in [-0.15, -0.1) is 0 Å². The first kappa shape index (κ1) is 17.9. The molecule has 0 amide bonds. The molecule has 0 atom stereocenters. The van der Waals surface area contributed by atoms with Crippen molar-refractivity contribution in [1.82, 2.24) is 0 Å². The number of benzene rings is 4. The Labute approximate surface area is 172 Å². The van der Waals surface area contributed by atoms with Crippen molar-refractivity contribution in [3.63, 3.8) is 0 Å². The van der Waals surface area contributed by atoms with Crippen molar-refractivity contribution in [2.45, 2.75) is 0 Å². The molecule has 0 spiro atoms. The fraction of sp³-hybridized carbons (Fsp3) is 0. The molecule has 144 valence electrons. The van der Waals surface area contributed by atoms with Crippen LogP contribution in [0.4, 0.5) is 0 Å². The van der Waals surface area contributed by atoms with E-state index in [2.05, 4.69) is 0 Å². The highest BCUT2D eigenvalue weighted by atomic mass is 16.3. The number of rotatable bonds is 2. The molecule has 0 radical (unpaired) electrons. The van der Waals surface area contributed by atoms with Crippen LogP contribution in [-0.4, -0.2) is 10.2 Å². The molecule has 1 aliphatic heterocycles. The Hall–Kier alpha value is -4.18. The summed E-state index contributed by atoms with van der Waals surface area (Å²) in [5, 5.41) is 23.4. The van der Waals surface area contributed by atoms with Crippen LogP contribution >= 0.6 is 0 Å². The molecule has 1 aliphatic rings. The number of phenolic OH excluding ortho intramolecular Hbond substituents is 2. The highest BCUT2D eigenvalue weighted by molar-refractivity contribution is 5.89. The zero-order valence-electron chi connectivity index (χ0n) is 16.0. The molecule has 5 rings (SSSR count). The van der Waals surface area contributed by atoms with Crippen molar-refractivity contribution in [3.8, 4) is 11.5 Å². The summed E-state index contributed by atoms with van der Waals surface area (Å²) in [7, 11) is 0. The van der Waals surface area contributed by atoms with E-state index >= 15 is 0 Å². The normalized spacial score (nSPS) is 18.5. The van der Waals surface area contributed by atoms with Gasteiger partial charge in [-0.1, -0.05) is 72.8 Å². The maximum atomic E-state index is 10.7. The second-order valence-electron chi connectivity index (χ2n) is 7.00. The first-order valence-corrected chi connectivity index (χ1v) is 9.65. The van der Waals surface area contributed by atoms with Crippen molar-refractivity contribution in [2.24, 2.45) is 9.98 Å². The third-order valence-corrected chi connectivity index (χ3v) is 5.07. The first-order chi connectivity index (χ1) is 14.7. The van der Waals surface area contributed by atoms with Gasteiger partial charge >= 0.3 is 0 Å². The summed E-state index contributed by atoms with van der Waals surface area (Å²) in [4.78, 5) is 9.89. The minimum Gasteiger partial charge on any atom is -0.507 e. The molecule has 0 saturated heterocycles. The molecule has 4 aromatic carbocycles. The molecule has 0 aliphatic carbocycles. The predicted octanol–water partition coefficient (Wildman–Crippen LogP) is 4.16. The van der Waals surface area contributed by atoms with Crippen LogP contribution in [-0.2, 0) is 0 Å². The number of nitrogens with zero attached hydrogens (tertiary/aromatic N) is 2. The van der Waals surface area contributed by atoms with Gasteiger partial charge in [-0.25, -0.2) is 9.98 Å². The van der Waals surface area contributed by atoms with E-state index in [1.165, 1.54) is 0 Å². The lowest BCUT2D eigenvalue weighted by atomic mass is 10.0. The topological polar surface area (TPSA) is 65.2 Å². The maximum absolute atomic E-state index is 10.7. The zero-order valence-corrected chi connectivity index (χ0v) is 16.0. The molecule has 0 unspecified atom stereocenters. The van der Waals surface area contributed by atoms with E-state index in [0.717, 1.165) is 11.1 Å². The minimum absolute atomic E-state index is 0.0461. The van der Waals surface area contributed by atoms with Crippen LogP contribution in [0.1, 0.15) is 11.1 Å². The molecule has 0 fully saturated rings. The van der Waals surface area contributed by atoms with E-state index < -0.39 is 0 Å². The fourth-order valence-electron chi connectivity index (χ4n) is 3.70. The van der Waals surface area contributed by atoms with E-state index in [9.17, 15) is 10.2 Å². The number of hydrogen-bond acceptors (Lipinski definition) is 4. The highest BCUT2D eigenvalue weighted by Crippen LogP contribution is 2.29. The number of phenols is 2. The van der Waals surface area contributed by atoms with Crippen LogP contribution in [0, 0.1) is 10.4 Å². The summed E-state index contributed by atoms with van der Waals surface area (Å²) in [6.45, 7) is 0. The van der Waals surface area contributed by atoms with Gasteiger partial charge < -0.3 is 10.2 Å². The second kappa shape index (κ2) is 7.33. The largest absolute Gasteiger partial charge is 0.507 e. The van der Waals surface area contributed by atoms with Gasteiger partial charge in [0, 0.05) is 11.1 Å². The van der Waals surface area contributed by atoms with Crippen molar-refractivity contribution >= 4 is 11.4 Å². The van der Waals surface area contributed by atoms with E-state index in [0.29, 0.717) is 32.5 Å². The van der Waals surface area contributed by atoms with Crippen LogP contribution in [0.5, 0.6) is 11.5 Å². The van der Waals surface area contributed by atoms with Crippen LogP contribution in [0.3, 0.4) is 0 Å². The Kier molecular flexibility index (Phi) is 4.37. The molecule has 4 aromatic rings. The Morgan fingerprint density at radius 2 is 0.833 bits per heavy atom. The summed E-state index contributed by atoms with van der Waals surface area (Å²) in [6, 6.07) is 30.1. The van der Waals surface area contributed by atoms with Gasteiger partial charge in [0.2, 0.25) is 0 Å². The first-order valence-electron chi connectivity index (χ1n) is 9.65. The monoisotopic (exact) mass is 390 g/mol. The maximum Gasteiger partial charge on any atom is 0.125 e. The van der Waals surface area contributed by atoms with Gasteiger partial charge in [0.05, 0.1) is 32.5 Å². The lowest BCUT2D eigenvalue weighted by molar-refractivity contribution is 0.460. The van der Waals surface area contributed by atoms with Crippen molar-refractivity contribution in [1.29, 1.82) is 0 Å². The molecular formula is C26H18N2O2. The van der Waals surface area contributed by atoms with Crippen LogP contribution in [0.2, 0.25) is 0 Å². The lowest BCUT2D eigenvalue weighted by Gasteiger charge is -2.12. The van der Waals surface area contributed by atoms with E-state index in [1.54, 1.807) is 24.3 Å². The van der Waals surface area contributed by atoms with Gasteiger partial charge in [0.1, 0.15) is 11.5 Å². The molecule has 4 heteroatoms. The minimum atomic E-state index is 0.0461. The van der Waals surface area contributed by atoms with E-state index in [-0.39, 0.29) is 11.5 Å². The molecule has 2 N–H and O–H groups in total. The van der Waals surface area contributed by atoms with Crippen LogP contribution < -0.4 is 10.7 Å². The molecule has 0 bridgehead atoms. The van der Waals surface area contributed by atoms with Gasteiger partial charge in [-0.05, 0) is 24.3 Å². The summed E-state index contributed by atoms with van der Waals surface area (Å²) in [5.41, 5.74) is 3.22. The summed E-state index contributed by atoms with van der Waals surface area (Å²) >= 11 is 0. The van der Waals surface area contributed by atoms with Gasteiger partial charge in [0.25, 0.3) is 0 Å². The summed E-state index contributed by atoms with van der Waals surface area (Å²) in [5.74, 6) is 0.0922. The predicted molar refractivity (Wildman–Crippen MR) is 116 cm³/mol. The second-order valence-corrected chi connectivity index (χ2v) is 7.00. The lowest BCUT2D eigenvalue weighted by Crippen LogP contribution is -2.14. The highest BCUT2D eigenvalue weighted by Gasteiger charge is 2.14. The van der Waals surface area contributed by atoms with Crippen LogP contribution in [0.15, 0.2) is 107 Å². The average molecular weight is 390 g/mol. The van der Waals surface area contributed by atoms with Crippen molar-refractivity contribution in [3.05, 3.63) is 129 Å². The number of aromatic hydroxyl groups is 2. The Morgan fingerprint density at radius 3 is 1.23 bits per heavy atom. The van der Waals surface area contributed by atoms with Crippen LogP contribution in [0.25, 0.3) is 11.4 Å². The zero-order chi connectivity index (χ0) is 20.5. The Bertz CT molecular complexity index is 1380. The summed E-state index contributed by atoms with van der Waals surface area (Å²) in [6.07, 6.45) is 0. The third-order valence-electron chi connectivity index (χ3n) is 5.07. The SMILES string of the molecule is Oc1cccc2/c1=c1/c(O)ccc/c1=N/C(c1ccccc1)=C(c1ccccc1)\N=2. The number of hydrogen-bond donors (Lipinski definition) is 2. The van der Waals surface area contributed by atoms with E-state index in [1.807, 2.05) is 72.8 Å². The van der Waals surface area contributed by atoms with Gasteiger partial charge in [-0.2, -0.15) is 0 Å².